The van der Waals surface area contributed by atoms with Crippen molar-refractivity contribution in [2.45, 2.75) is 38.1 Å². The normalized spacial score (nSPS) is 12.4. The van der Waals surface area contributed by atoms with Crippen molar-refractivity contribution < 1.29 is 4.79 Å². The summed E-state index contributed by atoms with van der Waals surface area (Å²) in [6.07, 6.45) is 0. The van der Waals surface area contributed by atoms with Gasteiger partial charge in [0.1, 0.15) is 0 Å². The Kier molecular flexibility index (Phi) is 5.41. The number of amides is 1. The van der Waals surface area contributed by atoms with Crippen molar-refractivity contribution in [3.63, 3.8) is 0 Å². The first-order valence-electron chi connectivity index (χ1n) is 7.89. The number of fused-ring (bicyclic) bond motifs is 1. The second-order valence-electron chi connectivity index (χ2n) is 5.89. The highest BCUT2D eigenvalue weighted by molar-refractivity contribution is 8.00. The highest BCUT2D eigenvalue weighted by Gasteiger charge is 2.19. The minimum Gasteiger partial charge on any atom is -0.324 e. The lowest BCUT2D eigenvalue weighted by Gasteiger charge is -2.11. The van der Waals surface area contributed by atoms with E-state index in [9.17, 15) is 4.79 Å². The third-order valence-corrected chi connectivity index (χ3v) is 5.58. The third-order valence-electron chi connectivity index (χ3n) is 4.08. The Morgan fingerprint density at radius 2 is 1.96 bits per heavy atom. The molecule has 1 atom stereocenters. The van der Waals surface area contributed by atoms with E-state index in [1.807, 2.05) is 20.8 Å². The van der Waals surface area contributed by atoms with Crippen molar-refractivity contribution in [2.75, 3.05) is 5.32 Å². The molecule has 0 radical (unpaired) electrons. The molecular formula is C17H17Cl2N5OS. The second-order valence-corrected chi connectivity index (χ2v) is 8.04. The van der Waals surface area contributed by atoms with Crippen molar-refractivity contribution in [3.8, 4) is 0 Å². The fourth-order valence-corrected chi connectivity index (χ4v) is 3.53. The molecule has 0 spiro atoms. The van der Waals surface area contributed by atoms with E-state index in [-0.39, 0.29) is 5.91 Å². The predicted octanol–water partition coefficient (Wildman–Crippen LogP) is 4.48. The van der Waals surface area contributed by atoms with Gasteiger partial charge in [0.25, 0.3) is 5.78 Å². The van der Waals surface area contributed by atoms with Gasteiger partial charge in [-0.1, -0.05) is 35.0 Å². The Hall–Kier alpha value is -1.83. The number of hydrogen-bond acceptors (Lipinski definition) is 5. The van der Waals surface area contributed by atoms with Gasteiger partial charge >= 0.3 is 0 Å². The number of aromatic nitrogens is 4. The molecule has 9 heteroatoms. The van der Waals surface area contributed by atoms with Crippen LogP contribution in [0.4, 0.5) is 5.69 Å². The summed E-state index contributed by atoms with van der Waals surface area (Å²) < 4.78 is 1.70. The van der Waals surface area contributed by atoms with Crippen molar-refractivity contribution in [1.82, 2.24) is 19.6 Å². The van der Waals surface area contributed by atoms with Crippen LogP contribution in [0.5, 0.6) is 0 Å². The average molecular weight is 410 g/mol. The van der Waals surface area contributed by atoms with Gasteiger partial charge in [-0.15, -0.1) is 5.10 Å². The standard InChI is InChI=1S/C17H17Cl2N5OS/c1-8-9(2)20-16-22-17(23-24(16)10(8)3)26-11(4)15(25)21-14-6-5-12(18)7-13(14)19/h5-7,11H,1-4H3,(H,21,25). The van der Waals surface area contributed by atoms with Gasteiger partial charge in [-0.3, -0.25) is 4.79 Å². The lowest BCUT2D eigenvalue weighted by atomic mass is 10.2. The highest BCUT2D eigenvalue weighted by atomic mass is 35.5. The van der Waals surface area contributed by atoms with Crippen LogP contribution in [0.2, 0.25) is 10.0 Å². The summed E-state index contributed by atoms with van der Waals surface area (Å²) in [5.41, 5.74) is 3.49. The van der Waals surface area contributed by atoms with E-state index in [1.165, 1.54) is 11.8 Å². The fraction of sp³-hybridized carbons (Fsp3) is 0.294. The lowest BCUT2D eigenvalue weighted by Crippen LogP contribution is -2.22. The summed E-state index contributed by atoms with van der Waals surface area (Å²) in [6.45, 7) is 7.69. The molecule has 3 rings (SSSR count). The molecule has 0 fully saturated rings. The number of nitrogens with zero attached hydrogens (tertiary/aromatic N) is 4. The summed E-state index contributed by atoms with van der Waals surface area (Å²) in [4.78, 5) is 21.3. The molecule has 0 aliphatic rings. The molecular weight excluding hydrogens is 393 g/mol. The Bertz CT molecular complexity index is 1000. The summed E-state index contributed by atoms with van der Waals surface area (Å²) >= 11 is 13.2. The molecule has 2 heterocycles. The fourth-order valence-electron chi connectivity index (χ4n) is 2.32. The van der Waals surface area contributed by atoms with Crippen molar-refractivity contribution in [2.24, 2.45) is 0 Å². The van der Waals surface area contributed by atoms with Crippen molar-refractivity contribution >= 4 is 52.3 Å². The number of nitrogens with one attached hydrogen (secondary N) is 1. The summed E-state index contributed by atoms with van der Waals surface area (Å²) in [5, 5.41) is 8.23. The van der Waals surface area contributed by atoms with Crippen LogP contribution in [0.15, 0.2) is 23.4 Å². The molecule has 0 saturated carbocycles. The second kappa shape index (κ2) is 7.42. The average Bonchev–Trinajstić information content (AvgIpc) is 2.97. The molecule has 1 aromatic carbocycles. The molecule has 2 aromatic heterocycles. The van der Waals surface area contributed by atoms with Crippen LogP contribution in [-0.2, 0) is 4.79 Å². The van der Waals surface area contributed by atoms with Crippen LogP contribution in [0.3, 0.4) is 0 Å². The van der Waals surface area contributed by atoms with Crippen LogP contribution < -0.4 is 5.32 Å². The van der Waals surface area contributed by atoms with Gasteiger partial charge in [0.2, 0.25) is 11.1 Å². The third kappa shape index (κ3) is 3.79. The van der Waals surface area contributed by atoms with Gasteiger partial charge in [-0.2, -0.15) is 4.98 Å². The summed E-state index contributed by atoms with van der Waals surface area (Å²) in [7, 11) is 0. The summed E-state index contributed by atoms with van der Waals surface area (Å²) in [5.74, 6) is 0.330. The van der Waals surface area contributed by atoms with E-state index in [2.05, 4.69) is 20.4 Å². The van der Waals surface area contributed by atoms with E-state index < -0.39 is 5.25 Å². The monoisotopic (exact) mass is 409 g/mol. The number of halogens is 2. The topological polar surface area (TPSA) is 72.2 Å². The number of anilines is 1. The van der Waals surface area contributed by atoms with Crippen LogP contribution in [0, 0.1) is 20.8 Å². The Morgan fingerprint density at radius 1 is 1.23 bits per heavy atom. The van der Waals surface area contributed by atoms with Gasteiger partial charge in [-0.25, -0.2) is 9.50 Å². The molecule has 0 aliphatic heterocycles. The zero-order valence-electron chi connectivity index (χ0n) is 14.7. The van der Waals surface area contributed by atoms with Gasteiger partial charge in [0.05, 0.1) is 16.0 Å². The number of hydrogen-bond donors (Lipinski definition) is 1. The number of carbonyl (C=O) groups is 1. The highest BCUT2D eigenvalue weighted by Crippen LogP contribution is 2.27. The Morgan fingerprint density at radius 3 is 2.65 bits per heavy atom. The van der Waals surface area contributed by atoms with Gasteiger partial charge < -0.3 is 5.32 Å². The number of thioether (sulfide) groups is 1. The Balaban J connectivity index is 1.77. The summed E-state index contributed by atoms with van der Waals surface area (Å²) in [6, 6.07) is 4.92. The molecule has 136 valence electrons. The van der Waals surface area contributed by atoms with E-state index in [1.54, 1.807) is 29.6 Å². The van der Waals surface area contributed by atoms with Gasteiger partial charge in [0.15, 0.2) is 0 Å². The van der Waals surface area contributed by atoms with E-state index >= 15 is 0 Å². The van der Waals surface area contributed by atoms with E-state index in [4.69, 9.17) is 23.2 Å². The molecule has 0 saturated heterocycles. The molecule has 1 N–H and O–H groups in total. The van der Waals surface area contributed by atoms with Crippen LogP contribution in [0.25, 0.3) is 5.78 Å². The largest absolute Gasteiger partial charge is 0.324 e. The maximum absolute atomic E-state index is 12.4. The Labute approximate surface area is 165 Å². The smallest absolute Gasteiger partial charge is 0.253 e. The molecule has 3 aromatic rings. The zero-order chi connectivity index (χ0) is 19.0. The zero-order valence-corrected chi connectivity index (χ0v) is 17.0. The predicted molar refractivity (Wildman–Crippen MR) is 105 cm³/mol. The number of carbonyl (C=O) groups excluding carboxylic acids is 1. The number of rotatable bonds is 4. The first-order chi connectivity index (χ1) is 12.3. The SMILES string of the molecule is Cc1nc2nc(SC(C)C(=O)Nc3ccc(Cl)cc3Cl)nn2c(C)c1C. The first kappa shape index (κ1) is 18.9. The van der Waals surface area contributed by atoms with Gasteiger partial charge in [0, 0.05) is 16.4 Å². The van der Waals surface area contributed by atoms with E-state index in [0.717, 1.165) is 17.0 Å². The van der Waals surface area contributed by atoms with Gasteiger partial charge in [-0.05, 0) is 51.5 Å². The van der Waals surface area contributed by atoms with Crippen LogP contribution in [0.1, 0.15) is 23.9 Å². The first-order valence-corrected chi connectivity index (χ1v) is 9.53. The number of aryl methyl sites for hydroxylation is 2. The minimum atomic E-state index is -0.415. The van der Waals surface area contributed by atoms with Crippen LogP contribution in [-0.4, -0.2) is 30.7 Å². The molecule has 0 bridgehead atoms. The van der Waals surface area contributed by atoms with Crippen molar-refractivity contribution in [3.05, 3.63) is 45.2 Å². The van der Waals surface area contributed by atoms with Crippen molar-refractivity contribution in [1.29, 1.82) is 0 Å². The molecule has 26 heavy (non-hydrogen) atoms. The maximum atomic E-state index is 12.4. The number of benzene rings is 1. The molecule has 0 aliphatic carbocycles. The minimum absolute atomic E-state index is 0.199. The quantitative estimate of drug-likeness (QED) is 0.643. The molecule has 6 nitrogen and oxygen atoms in total. The van der Waals surface area contributed by atoms with E-state index in [0.29, 0.717) is 26.7 Å². The lowest BCUT2D eigenvalue weighted by molar-refractivity contribution is -0.115. The molecule has 1 amide bonds. The van der Waals surface area contributed by atoms with Crippen LogP contribution >= 0.6 is 35.0 Å². The molecule has 1 unspecified atom stereocenters. The maximum Gasteiger partial charge on any atom is 0.253 e.